The van der Waals surface area contributed by atoms with Crippen molar-refractivity contribution in [3.8, 4) is 11.4 Å². The molecule has 1 unspecified atom stereocenters. The quantitative estimate of drug-likeness (QED) is 0.874. The van der Waals surface area contributed by atoms with Gasteiger partial charge in [-0.05, 0) is 34.9 Å². The molecule has 1 N–H and O–H groups in total. The molecule has 2 rings (SSSR count). The molecule has 0 aromatic carbocycles. The molecular weight excluding hydrogens is 246 g/mol. The zero-order valence-electron chi connectivity index (χ0n) is 10.8. The summed E-state index contributed by atoms with van der Waals surface area (Å²) in [4.78, 5) is 15.4. The maximum atomic E-state index is 11.4. The lowest BCUT2D eigenvalue weighted by atomic mass is 10.0. The second-order valence-electron chi connectivity index (χ2n) is 4.67. The molecular formula is C12H15N5O2. The van der Waals surface area contributed by atoms with E-state index in [1.54, 1.807) is 24.5 Å². The predicted octanol–water partition coefficient (Wildman–Crippen LogP) is 1.41. The Hall–Kier alpha value is -2.31. The Morgan fingerprint density at radius 2 is 2.26 bits per heavy atom. The van der Waals surface area contributed by atoms with E-state index in [0.717, 1.165) is 0 Å². The highest BCUT2D eigenvalue weighted by Crippen LogP contribution is 2.22. The number of aromatic nitrogens is 5. The molecule has 1 atom stereocenters. The monoisotopic (exact) mass is 261 g/mol. The number of carboxylic acid groups (broad SMARTS) is 1. The maximum absolute atomic E-state index is 11.4. The van der Waals surface area contributed by atoms with E-state index < -0.39 is 12.0 Å². The molecule has 0 aliphatic heterocycles. The number of hydrogen-bond donors (Lipinski definition) is 1. The summed E-state index contributed by atoms with van der Waals surface area (Å²) < 4.78 is 1.35. The molecule has 0 aliphatic rings. The summed E-state index contributed by atoms with van der Waals surface area (Å²) in [6.07, 6.45) is 3.71. The molecule has 0 bridgehead atoms. The van der Waals surface area contributed by atoms with Gasteiger partial charge in [0, 0.05) is 18.0 Å². The Labute approximate surface area is 110 Å². The van der Waals surface area contributed by atoms with Gasteiger partial charge < -0.3 is 5.11 Å². The number of tetrazole rings is 1. The molecule has 2 aromatic rings. The van der Waals surface area contributed by atoms with E-state index in [4.69, 9.17) is 0 Å². The summed E-state index contributed by atoms with van der Waals surface area (Å²) in [5.41, 5.74) is 0.697. The summed E-state index contributed by atoms with van der Waals surface area (Å²) in [7, 11) is 0. The lowest BCUT2D eigenvalue weighted by molar-refractivity contribution is -0.141. The third-order valence-electron chi connectivity index (χ3n) is 2.69. The molecule has 0 saturated heterocycles. The minimum atomic E-state index is -0.939. The van der Waals surface area contributed by atoms with Gasteiger partial charge in [0.25, 0.3) is 0 Å². The molecule has 0 fully saturated rings. The van der Waals surface area contributed by atoms with E-state index in [1.807, 2.05) is 13.8 Å². The maximum Gasteiger partial charge on any atom is 0.328 e. The van der Waals surface area contributed by atoms with Gasteiger partial charge in [0.2, 0.25) is 0 Å². The fourth-order valence-corrected chi connectivity index (χ4v) is 1.84. The van der Waals surface area contributed by atoms with Gasteiger partial charge >= 0.3 is 5.97 Å². The van der Waals surface area contributed by atoms with Crippen LogP contribution in [0.1, 0.15) is 26.3 Å². The minimum Gasteiger partial charge on any atom is -0.480 e. The Morgan fingerprint density at radius 1 is 1.47 bits per heavy atom. The predicted molar refractivity (Wildman–Crippen MR) is 67.2 cm³/mol. The van der Waals surface area contributed by atoms with Crippen LogP contribution in [0.2, 0.25) is 0 Å². The van der Waals surface area contributed by atoms with E-state index in [2.05, 4.69) is 20.5 Å². The lowest BCUT2D eigenvalue weighted by Gasteiger charge is -2.15. The van der Waals surface area contributed by atoms with Gasteiger partial charge in [-0.25, -0.2) is 9.48 Å². The van der Waals surface area contributed by atoms with Crippen LogP contribution in [-0.2, 0) is 4.79 Å². The van der Waals surface area contributed by atoms with Gasteiger partial charge in [0.1, 0.15) is 0 Å². The fraction of sp³-hybridized carbons (Fsp3) is 0.417. The highest BCUT2D eigenvalue weighted by Gasteiger charge is 2.25. The number of rotatable bonds is 5. The van der Waals surface area contributed by atoms with Crippen LogP contribution in [0.15, 0.2) is 24.5 Å². The smallest absolute Gasteiger partial charge is 0.328 e. The molecule has 0 saturated carbocycles. The molecule has 2 heterocycles. The van der Waals surface area contributed by atoms with Crippen LogP contribution in [0.25, 0.3) is 11.4 Å². The number of carboxylic acids is 1. The summed E-state index contributed by atoms with van der Waals surface area (Å²) in [5, 5.41) is 20.6. The molecule has 0 aliphatic carbocycles. The first kappa shape index (κ1) is 13.1. The SMILES string of the molecule is CC(C)CC(C(=O)O)n1nnnc1-c1cccnc1. The Morgan fingerprint density at radius 3 is 2.84 bits per heavy atom. The number of hydrogen-bond acceptors (Lipinski definition) is 5. The molecule has 2 aromatic heterocycles. The highest BCUT2D eigenvalue weighted by molar-refractivity contribution is 5.72. The first-order chi connectivity index (χ1) is 9.09. The van der Waals surface area contributed by atoms with Crippen LogP contribution < -0.4 is 0 Å². The van der Waals surface area contributed by atoms with E-state index in [1.165, 1.54) is 4.68 Å². The summed E-state index contributed by atoms with van der Waals surface area (Å²) in [6, 6.07) is 2.78. The third kappa shape index (κ3) is 2.93. The van der Waals surface area contributed by atoms with E-state index in [-0.39, 0.29) is 5.92 Å². The Kier molecular flexibility index (Phi) is 3.84. The van der Waals surface area contributed by atoms with Crippen molar-refractivity contribution in [3.63, 3.8) is 0 Å². The number of aliphatic carboxylic acids is 1. The van der Waals surface area contributed by atoms with Crippen molar-refractivity contribution in [2.24, 2.45) is 5.92 Å². The van der Waals surface area contributed by atoms with Gasteiger partial charge in [-0.1, -0.05) is 13.8 Å². The van der Waals surface area contributed by atoms with Crippen LogP contribution in [0.3, 0.4) is 0 Å². The van der Waals surface area contributed by atoms with Gasteiger partial charge in [0.15, 0.2) is 11.9 Å². The zero-order valence-corrected chi connectivity index (χ0v) is 10.8. The molecule has 7 heteroatoms. The molecule has 0 radical (unpaired) electrons. The zero-order chi connectivity index (χ0) is 13.8. The molecule has 0 amide bonds. The molecule has 7 nitrogen and oxygen atoms in total. The second-order valence-corrected chi connectivity index (χ2v) is 4.67. The van der Waals surface area contributed by atoms with Crippen molar-refractivity contribution < 1.29 is 9.90 Å². The lowest BCUT2D eigenvalue weighted by Crippen LogP contribution is -2.23. The topological polar surface area (TPSA) is 93.8 Å². The fourth-order valence-electron chi connectivity index (χ4n) is 1.84. The van der Waals surface area contributed by atoms with Crippen molar-refractivity contribution >= 4 is 5.97 Å². The van der Waals surface area contributed by atoms with E-state index >= 15 is 0 Å². The Bertz CT molecular complexity index is 552. The highest BCUT2D eigenvalue weighted by atomic mass is 16.4. The van der Waals surface area contributed by atoms with Gasteiger partial charge in [-0.2, -0.15) is 0 Å². The standard InChI is InChI=1S/C12H15N5O2/c1-8(2)6-10(12(18)19)17-11(14-15-16-17)9-4-3-5-13-7-9/h3-5,7-8,10H,6H2,1-2H3,(H,18,19). The van der Waals surface area contributed by atoms with Crippen LogP contribution in [0.5, 0.6) is 0 Å². The number of pyridine rings is 1. The summed E-state index contributed by atoms with van der Waals surface area (Å²) in [6.45, 7) is 3.92. The normalized spacial score (nSPS) is 12.6. The second kappa shape index (κ2) is 5.55. The number of carbonyl (C=O) groups is 1. The van der Waals surface area contributed by atoms with Crippen LogP contribution in [0.4, 0.5) is 0 Å². The molecule has 100 valence electrons. The first-order valence-corrected chi connectivity index (χ1v) is 6.00. The van der Waals surface area contributed by atoms with E-state index in [0.29, 0.717) is 17.8 Å². The largest absolute Gasteiger partial charge is 0.480 e. The van der Waals surface area contributed by atoms with Crippen molar-refractivity contribution in [1.29, 1.82) is 0 Å². The van der Waals surface area contributed by atoms with Crippen molar-refractivity contribution in [1.82, 2.24) is 25.2 Å². The van der Waals surface area contributed by atoms with Crippen LogP contribution in [-0.4, -0.2) is 36.3 Å². The van der Waals surface area contributed by atoms with Crippen LogP contribution in [0, 0.1) is 5.92 Å². The number of nitrogens with zero attached hydrogens (tertiary/aromatic N) is 5. The van der Waals surface area contributed by atoms with Crippen molar-refractivity contribution in [2.75, 3.05) is 0 Å². The summed E-state index contributed by atoms with van der Waals surface area (Å²) in [5.74, 6) is -0.292. The third-order valence-corrected chi connectivity index (χ3v) is 2.69. The van der Waals surface area contributed by atoms with Gasteiger partial charge in [0.05, 0.1) is 0 Å². The van der Waals surface area contributed by atoms with Crippen molar-refractivity contribution in [3.05, 3.63) is 24.5 Å². The van der Waals surface area contributed by atoms with Gasteiger partial charge in [-0.15, -0.1) is 5.10 Å². The Balaban J connectivity index is 2.40. The average Bonchev–Trinajstić information content (AvgIpc) is 2.85. The molecule has 19 heavy (non-hydrogen) atoms. The minimum absolute atomic E-state index is 0.229. The van der Waals surface area contributed by atoms with Crippen molar-refractivity contribution in [2.45, 2.75) is 26.3 Å². The average molecular weight is 261 g/mol. The first-order valence-electron chi connectivity index (χ1n) is 6.00. The van der Waals surface area contributed by atoms with Crippen LogP contribution >= 0.6 is 0 Å². The van der Waals surface area contributed by atoms with Gasteiger partial charge in [-0.3, -0.25) is 4.98 Å². The molecule has 0 spiro atoms. The summed E-state index contributed by atoms with van der Waals surface area (Å²) >= 11 is 0. The van der Waals surface area contributed by atoms with E-state index in [9.17, 15) is 9.90 Å².